The standard InChI is InChI=1S/C19H22ClNO3S/c1-14(2)15-7-9-18(10-8-15)25(22,23)21-11-17(12-21)24-13-16-5-3-4-6-19(16)20/h3-10,14,17H,11-13H2,1-2H3. The van der Waals surface area contributed by atoms with Crippen LogP contribution in [0.1, 0.15) is 30.9 Å². The first-order valence-corrected chi connectivity index (χ1v) is 10.1. The van der Waals surface area contributed by atoms with Crippen molar-refractivity contribution in [3.8, 4) is 0 Å². The zero-order valence-electron chi connectivity index (χ0n) is 14.4. The van der Waals surface area contributed by atoms with Crippen molar-refractivity contribution in [1.29, 1.82) is 0 Å². The van der Waals surface area contributed by atoms with Crippen molar-refractivity contribution in [2.45, 2.75) is 37.4 Å². The van der Waals surface area contributed by atoms with E-state index in [0.29, 0.717) is 35.5 Å². The Morgan fingerprint density at radius 3 is 2.36 bits per heavy atom. The number of sulfonamides is 1. The lowest BCUT2D eigenvalue weighted by Gasteiger charge is -2.37. The second kappa shape index (κ2) is 7.46. The van der Waals surface area contributed by atoms with Gasteiger partial charge in [0.2, 0.25) is 10.0 Å². The molecule has 1 aliphatic heterocycles. The van der Waals surface area contributed by atoms with Gasteiger partial charge >= 0.3 is 0 Å². The van der Waals surface area contributed by atoms with Gasteiger partial charge in [0.05, 0.1) is 17.6 Å². The Hall–Kier alpha value is -1.40. The summed E-state index contributed by atoms with van der Waals surface area (Å²) in [7, 11) is -3.44. The Bertz CT molecular complexity index is 828. The van der Waals surface area contributed by atoms with Crippen LogP contribution in [0.4, 0.5) is 0 Å². The second-order valence-electron chi connectivity index (χ2n) is 6.57. The molecule has 0 radical (unpaired) electrons. The molecule has 2 aromatic carbocycles. The van der Waals surface area contributed by atoms with Crippen molar-refractivity contribution < 1.29 is 13.2 Å². The molecule has 0 saturated carbocycles. The van der Waals surface area contributed by atoms with Crippen LogP contribution < -0.4 is 0 Å². The molecule has 1 saturated heterocycles. The van der Waals surface area contributed by atoms with Crippen LogP contribution in [0.25, 0.3) is 0 Å². The fourth-order valence-electron chi connectivity index (χ4n) is 2.70. The first-order chi connectivity index (χ1) is 11.9. The van der Waals surface area contributed by atoms with Crippen molar-refractivity contribution in [3.05, 3.63) is 64.7 Å². The summed E-state index contributed by atoms with van der Waals surface area (Å²) in [5, 5.41) is 0.663. The molecule has 0 amide bonds. The van der Waals surface area contributed by atoms with E-state index in [1.165, 1.54) is 4.31 Å². The SMILES string of the molecule is CC(C)c1ccc(S(=O)(=O)N2CC(OCc3ccccc3Cl)C2)cc1. The Morgan fingerprint density at radius 2 is 1.76 bits per heavy atom. The van der Waals surface area contributed by atoms with E-state index in [1.54, 1.807) is 12.1 Å². The van der Waals surface area contributed by atoms with Gasteiger partial charge in [-0.1, -0.05) is 55.8 Å². The fraction of sp³-hybridized carbons (Fsp3) is 0.368. The topological polar surface area (TPSA) is 46.6 Å². The van der Waals surface area contributed by atoms with E-state index in [2.05, 4.69) is 13.8 Å². The summed E-state index contributed by atoms with van der Waals surface area (Å²) in [5.41, 5.74) is 2.04. The molecular formula is C19H22ClNO3S. The van der Waals surface area contributed by atoms with Gasteiger partial charge in [0.25, 0.3) is 0 Å². The maximum absolute atomic E-state index is 12.6. The molecule has 3 rings (SSSR count). The number of rotatable bonds is 6. The number of hydrogen-bond donors (Lipinski definition) is 0. The summed E-state index contributed by atoms with van der Waals surface area (Å²) in [6.45, 7) is 5.30. The second-order valence-corrected chi connectivity index (χ2v) is 8.92. The van der Waals surface area contributed by atoms with E-state index in [9.17, 15) is 8.42 Å². The third-order valence-corrected chi connectivity index (χ3v) is 6.65. The Balaban J connectivity index is 1.57. The van der Waals surface area contributed by atoms with Gasteiger partial charge in [0.1, 0.15) is 0 Å². The zero-order chi connectivity index (χ0) is 18.0. The van der Waals surface area contributed by atoms with E-state index >= 15 is 0 Å². The smallest absolute Gasteiger partial charge is 0.243 e. The van der Waals surface area contributed by atoms with E-state index in [4.69, 9.17) is 16.3 Å². The molecule has 2 aromatic rings. The van der Waals surface area contributed by atoms with Crippen molar-refractivity contribution in [2.75, 3.05) is 13.1 Å². The molecule has 0 bridgehead atoms. The van der Waals surface area contributed by atoms with Crippen molar-refractivity contribution in [3.63, 3.8) is 0 Å². The first kappa shape index (κ1) is 18.4. The maximum Gasteiger partial charge on any atom is 0.243 e. The summed E-state index contributed by atoms with van der Waals surface area (Å²) < 4.78 is 32.5. The van der Waals surface area contributed by atoms with Crippen LogP contribution in [-0.2, 0) is 21.4 Å². The van der Waals surface area contributed by atoms with Gasteiger partial charge < -0.3 is 4.74 Å². The summed E-state index contributed by atoms with van der Waals surface area (Å²) in [6, 6.07) is 14.6. The molecule has 1 aliphatic rings. The van der Waals surface area contributed by atoms with Gasteiger partial charge in [-0.2, -0.15) is 4.31 Å². The molecular weight excluding hydrogens is 358 g/mol. The van der Waals surface area contributed by atoms with Crippen LogP contribution in [0.3, 0.4) is 0 Å². The van der Waals surface area contributed by atoms with Crippen molar-refractivity contribution >= 4 is 21.6 Å². The highest BCUT2D eigenvalue weighted by Crippen LogP contribution is 2.26. The zero-order valence-corrected chi connectivity index (χ0v) is 15.9. The summed E-state index contributed by atoms with van der Waals surface area (Å²) >= 11 is 6.10. The lowest BCUT2D eigenvalue weighted by Crippen LogP contribution is -2.54. The monoisotopic (exact) mass is 379 g/mol. The first-order valence-electron chi connectivity index (χ1n) is 8.33. The van der Waals surface area contributed by atoms with Crippen LogP contribution >= 0.6 is 11.6 Å². The van der Waals surface area contributed by atoms with E-state index in [1.807, 2.05) is 36.4 Å². The van der Waals surface area contributed by atoms with Gasteiger partial charge in [0, 0.05) is 18.1 Å². The molecule has 0 N–H and O–H groups in total. The number of hydrogen-bond acceptors (Lipinski definition) is 3. The third-order valence-electron chi connectivity index (χ3n) is 4.43. The minimum Gasteiger partial charge on any atom is -0.371 e. The van der Waals surface area contributed by atoms with E-state index in [-0.39, 0.29) is 6.10 Å². The van der Waals surface area contributed by atoms with Gasteiger partial charge in [0.15, 0.2) is 0 Å². The lowest BCUT2D eigenvalue weighted by atomic mass is 10.0. The van der Waals surface area contributed by atoms with Crippen LogP contribution in [0.5, 0.6) is 0 Å². The predicted molar refractivity (Wildman–Crippen MR) is 99.3 cm³/mol. The average molecular weight is 380 g/mol. The molecule has 25 heavy (non-hydrogen) atoms. The normalized spacial score (nSPS) is 16.2. The van der Waals surface area contributed by atoms with Crippen LogP contribution in [0.15, 0.2) is 53.4 Å². The van der Waals surface area contributed by atoms with Crippen LogP contribution in [0, 0.1) is 0 Å². The molecule has 0 spiro atoms. The molecule has 1 fully saturated rings. The van der Waals surface area contributed by atoms with E-state index in [0.717, 1.165) is 11.1 Å². The number of ether oxygens (including phenoxy) is 1. The highest BCUT2D eigenvalue weighted by Gasteiger charge is 2.37. The summed E-state index contributed by atoms with van der Waals surface area (Å²) in [4.78, 5) is 0.335. The Kier molecular flexibility index (Phi) is 5.49. The number of nitrogens with zero attached hydrogens (tertiary/aromatic N) is 1. The van der Waals surface area contributed by atoms with Crippen LogP contribution in [0.2, 0.25) is 5.02 Å². The molecule has 4 nitrogen and oxygen atoms in total. The number of benzene rings is 2. The summed E-state index contributed by atoms with van der Waals surface area (Å²) in [6.07, 6.45) is -0.0963. The minimum atomic E-state index is -3.44. The quantitative estimate of drug-likeness (QED) is 0.760. The predicted octanol–water partition coefficient (Wildman–Crippen LogP) is 4.05. The molecule has 0 atom stereocenters. The maximum atomic E-state index is 12.6. The Labute approximate surface area is 154 Å². The molecule has 134 valence electrons. The summed E-state index contributed by atoms with van der Waals surface area (Å²) in [5.74, 6) is 0.378. The molecule has 1 heterocycles. The number of halogens is 1. The van der Waals surface area contributed by atoms with Gasteiger partial charge in [-0.05, 0) is 35.2 Å². The third kappa shape index (κ3) is 4.06. The van der Waals surface area contributed by atoms with Crippen LogP contribution in [-0.4, -0.2) is 31.9 Å². The highest BCUT2D eigenvalue weighted by molar-refractivity contribution is 7.89. The van der Waals surface area contributed by atoms with Gasteiger partial charge in [-0.15, -0.1) is 0 Å². The fourth-order valence-corrected chi connectivity index (χ4v) is 4.39. The molecule has 0 unspecified atom stereocenters. The van der Waals surface area contributed by atoms with Crippen molar-refractivity contribution in [2.24, 2.45) is 0 Å². The minimum absolute atomic E-state index is 0.0963. The molecule has 0 aliphatic carbocycles. The van der Waals surface area contributed by atoms with E-state index < -0.39 is 10.0 Å². The molecule has 6 heteroatoms. The lowest BCUT2D eigenvalue weighted by molar-refractivity contribution is -0.0295. The largest absolute Gasteiger partial charge is 0.371 e. The van der Waals surface area contributed by atoms with Crippen molar-refractivity contribution in [1.82, 2.24) is 4.31 Å². The van der Waals surface area contributed by atoms with Gasteiger partial charge in [-0.25, -0.2) is 8.42 Å². The molecule has 0 aromatic heterocycles. The highest BCUT2D eigenvalue weighted by atomic mass is 35.5. The average Bonchev–Trinajstić information content (AvgIpc) is 2.55. The van der Waals surface area contributed by atoms with Gasteiger partial charge in [-0.3, -0.25) is 0 Å². The Morgan fingerprint density at radius 1 is 1.12 bits per heavy atom.